The molecule has 0 bridgehead atoms. The number of rotatable bonds is 1. The van der Waals surface area contributed by atoms with Gasteiger partial charge >= 0.3 is 6.18 Å². The first-order valence-corrected chi connectivity index (χ1v) is 7.25. The normalized spacial score (nSPS) is 20.4. The molecular formula is C16H17Cl2F3N4. The Hall–Kier alpha value is -1.75. The fourth-order valence-electron chi connectivity index (χ4n) is 3.10. The van der Waals surface area contributed by atoms with E-state index in [2.05, 4.69) is 11.1 Å². The molecule has 4 nitrogen and oxygen atoms in total. The standard InChI is InChI=1S/C16H15F3N4.2ClH/c17-16(18,19)11-6-12(21)9-23(8-11)14-4-3-10(7-20)15-13(14)2-1-5-22-15;;/h1-5,11-12H,6,8-9,21H2;2*1H/t11-,12+;;/m0../s1. The van der Waals surface area contributed by atoms with Gasteiger partial charge in [-0.2, -0.15) is 18.4 Å². The molecule has 1 aromatic heterocycles. The lowest BCUT2D eigenvalue weighted by molar-refractivity contribution is -0.177. The average Bonchev–Trinajstić information content (AvgIpc) is 2.52. The highest BCUT2D eigenvalue weighted by atomic mass is 35.5. The number of hydrogen-bond donors (Lipinski definition) is 1. The van der Waals surface area contributed by atoms with E-state index >= 15 is 0 Å². The van der Waals surface area contributed by atoms with Crippen LogP contribution in [0.3, 0.4) is 0 Å². The molecular weight excluding hydrogens is 376 g/mol. The van der Waals surface area contributed by atoms with Crippen molar-refractivity contribution >= 4 is 41.4 Å². The van der Waals surface area contributed by atoms with E-state index < -0.39 is 18.1 Å². The third kappa shape index (κ3) is 4.27. The molecule has 1 aliphatic heterocycles. The number of fused-ring (bicyclic) bond motifs is 1. The van der Waals surface area contributed by atoms with E-state index in [0.717, 1.165) is 0 Å². The zero-order chi connectivity index (χ0) is 16.6. The van der Waals surface area contributed by atoms with E-state index in [1.54, 1.807) is 35.4 Å². The molecule has 136 valence electrons. The summed E-state index contributed by atoms with van der Waals surface area (Å²) in [5.74, 6) is -1.45. The van der Waals surface area contributed by atoms with Crippen LogP contribution in [-0.2, 0) is 0 Å². The van der Waals surface area contributed by atoms with E-state index in [1.165, 1.54) is 0 Å². The summed E-state index contributed by atoms with van der Waals surface area (Å²) in [5, 5.41) is 9.82. The number of piperidine rings is 1. The van der Waals surface area contributed by atoms with Gasteiger partial charge in [-0.05, 0) is 30.7 Å². The van der Waals surface area contributed by atoms with Gasteiger partial charge in [0.15, 0.2) is 0 Å². The predicted molar refractivity (Wildman–Crippen MR) is 95.3 cm³/mol. The molecule has 2 atom stereocenters. The SMILES string of the molecule is Cl.Cl.N#Cc1ccc(N2C[C@H](N)C[C@H](C(F)(F)F)C2)c2cccnc12. The molecule has 0 unspecified atom stereocenters. The van der Waals surface area contributed by atoms with Crippen molar-refractivity contribution < 1.29 is 13.2 Å². The molecule has 0 aliphatic carbocycles. The Bertz CT molecular complexity index is 776. The van der Waals surface area contributed by atoms with Crippen molar-refractivity contribution in [3.8, 4) is 6.07 Å². The molecule has 1 aliphatic rings. The minimum Gasteiger partial charge on any atom is -0.369 e. The van der Waals surface area contributed by atoms with Gasteiger partial charge in [-0.3, -0.25) is 4.98 Å². The number of nitriles is 1. The van der Waals surface area contributed by atoms with Crippen LogP contribution in [0.4, 0.5) is 18.9 Å². The summed E-state index contributed by atoms with van der Waals surface area (Å²) >= 11 is 0. The van der Waals surface area contributed by atoms with Crippen molar-refractivity contribution in [2.75, 3.05) is 18.0 Å². The number of benzene rings is 1. The fourth-order valence-corrected chi connectivity index (χ4v) is 3.10. The highest BCUT2D eigenvalue weighted by Gasteiger charge is 2.44. The maximum absolute atomic E-state index is 13.1. The first-order valence-electron chi connectivity index (χ1n) is 7.25. The highest BCUT2D eigenvalue weighted by molar-refractivity contribution is 5.95. The summed E-state index contributed by atoms with van der Waals surface area (Å²) in [6.45, 7) is 0.218. The monoisotopic (exact) mass is 392 g/mol. The number of alkyl halides is 3. The Kier molecular flexibility index (Phi) is 6.89. The van der Waals surface area contributed by atoms with Crippen LogP contribution in [0.1, 0.15) is 12.0 Å². The number of aromatic nitrogens is 1. The van der Waals surface area contributed by atoms with Gasteiger partial charge in [0, 0.05) is 36.4 Å². The van der Waals surface area contributed by atoms with E-state index in [1.807, 2.05) is 0 Å². The summed E-state index contributed by atoms with van der Waals surface area (Å²) in [7, 11) is 0. The van der Waals surface area contributed by atoms with Gasteiger partial charge in [-0.15, -0.1) is 24.8 Å². The largest absolute Gasteiger partial charge is 0.393 e. The summed E-state index contributed by atoms with van der Waals surface area (Å²) in [4.78, 5) is 5.84. The molecule has 9 heteroatoms. The van der Waals surface area contributed by atoms with Crippen molar-refractivity contribution in [1.29, 1.82) is 5.26 Å². The van der Waals surface area contributed by atoms with Crippen molar-refractivity contribution in [1.82, 2.24) is 4.98 Å². The number of nitrogens with two attached hydrogens (primary N) is 1. The van der Waals surface area contributed by atoms with E-state index in [4.69, 9.17) is 11.0 Å². The van der Waals surface area contributed by atoms with Gasteiger partial charge in [0.25, 0.3) is 0 Å². The van der Waals surface area contributed by atoms with E-state index in [0.29, 0.717) is 28.7 Å². The van der Waals surface area contributed by atoms with Crippen molar-refractivity contribution in [3.63, 3.8) is 0 Å². The maximum atomic E-state index is 13.1. The third-order valence-electron chi connectivity index (χ3n) is 4.15. The number of nitrogens with zero attached hydrogens (tertiary/aromatic N) is 3. The van der Waals surface area contributed by atoms with E-state index in [-0.39, 0.29) is 37.8 Å². The minimum atomic E-state index is -4.27. The predicted octanol–water partition coefficient (Wildman–Crippen LogP) is 3.67. The van der Waals surface area contributed by atoms with Crippen molar-refractivity contribution in [2.24, 2.45) is 11.7 Å². The topological polar surface area (TPSA) is 65.9 Å². The number of hydrogen-bond acceptors (Lipinski definition) is 4. The molecule has 3 rings (SSSR count). The number of pyridine rings is 1. The van der Waals surface area contributed by atoms with Gasteiger partial charge in [-0.25, -0.2) is 0 Å². The Morgan fingerprint density at radius 2 is 1.92 bits per heavy atom. The van der Waals surface area contributed by atoms with Crippen LogP contribution >= 0.6 is 24.8 Å². The smallest absolute Gasteiger partial charge is 0.369 e. The van der Waals surface area contributed by atoms with Crippen LogP contribution < -0.4 is 10.6 Å². The van der Waals surface area contributed by atoms with Crippen molar-refractivity contribution in [2.45, 2.75) is 18.6 Å². The van der Waals surface area contributed by atoms with Crippen LogP contribution in [0.15, 0.2) is 30.5 Å². The molecule has 0 amide bonds. The molecule has 2 N–H and O–H groups in total. The summed E-state index contributed by atoms with van der Waals surface area (Å²) in [6, 6.07) is 8.25. The Morgan fingerprint density at radius 3 is 2.56 bits per heavy atom. The van der Waals surface area contributed by atoms with Crippen LogP contribution in [0.2, 0.25) is 0 Å². The zero-order valence-corrected chi connectivity index (χ0v) is 14.7. The van der Waals surface area contributed by atoms with Gasteiger partial charge in [0.1, 0.15) is 6.07 Å². The van der Waals surface area contributed by atoms with Gasteiger partial charge in [0.2, 0.25) is 0 Å². The summed E-state index contributed by atoms with van der Waals surface area (Å²) in [6.07, 6.45) is -2.77. The van der Waals surface area contributed by atoms with Crippen LogP contribution in [0, 0.1) is 17.2 Å². The lowest BCUT2D eigenvalue weighted by atomic mass is 9.93. The molecule has 1 saturated heterocycles. The third-order valence-corrected chi connectivity index (χ3v) is 4.15. The first kappa shape index (κ1) is 21.3. The Balaban J connectivity index is 0.00000156. The first-order chi connectivity index (χ1) is 10.9. The lowest BCUT2D eigenvalue weighted by Gasteiger charge is -2.38. The van der Waals surface area contributed by atoms with Gasteiger partial charge < -0.3 is 10.6 Å². The fraction of sp³-hybridized carbons (Fsp3) is 0.375. The number of halogens is 5. The molecule has 0 spiro atoms. The molecule has 25 heavy (non-hydrogen) atoms. The lowest BCUT2D eigenvalue weighted by Crippen LogP contribution is -2.51. The highest BCUT2D eigenvalue weighted by Crippen LogP contribution is 2.36. The maximum Gasteiger partial charge on any atom is 0.393 e. The second kappa shape index (κ2) is 8.09. The second-order valence-corrected chi connectivity index (χ2v) is 5.78. The summed E-state index contributed by atoms with van der Waals surface area (Å²) < 4.78 is 39.3. The molecule has 2 heterocycles. The van der Waals surface area contributed by atoms with Crippen LogP contribution in [-0.4, -0.2) is 30.3 Å². The second-order valence-electron chi connectivity index (χ2n) is 5.78. The van der Waals surface area contributed by atoms with Gasteiger partial charge in [0.05, 0.1) is 17.0 Å². The molecule has 2 aromatic rings. The summed E-state index contributed by atoms with van der Waals surface area (Å²) in [5.41, 5.74) is 7.37. The average molecular weight is 393 g/mol. The minimum absolute atomic E-state index is 0. The van der Waals surface area contributed by atoms with Crippen molar-refractivity contribution in [3.05, 3.63) is 36.0 Å². The quantitative estimate of drug-likeness (QED) is 0.803. The zero-order valence-electron chi connectivity index (χ0n) is 13.0. The van der Waals surface area contributed by atoms with Crippen LogP contribution in [0.25, 0.3) is 10.9 Å². The Morgan fingerprint density at radius 1 is 1.20 bits per heavy atom. The molecule has 0 radical (unpaired) electrons. The van der Waals surface area contributed by atoms with E-state index in [9.17, 15) is 13.2 Å². The molecule has 1 fully saturated rings. The Labute approximate surface area is 155 Å². The van der Waals surface area contributed by atoms with Gasteiger partial charge in [-0.1, -0.05) is 0 Å². The molecule has 0 saturated carbocycles. The van der Waals surface area contributed by atoms with Crippen LogP contribution in [0.5, 0.6) is 0 Å². The number of anilines is 1. The molecule has 1 aromatic carbocycles.